The maximum Gasteiger partial charge on any atom is 0.239 e. The Labute approximate surface area is 180 Å². The molecule has 1 unspecified atom stereocenters. The number of carbonyl (C=O) groups excluding carboxylic acids is 1. The zero-order chi connectivity index (χ0) is 20.4. The number of fused-ring (bicyclic) bond motifs is 1. The molecule has 4 rings (SSSR count). The summed E-state index contributed by atoms with van der Waals surface area (Å²) in [6, 6.07) is 12.6. The highest BCUT2D eigenvalue weighted by atomic mass is 32.2. The molecule has 0 radical (unpaired) electrons. The lowest BCUT2D eigenvalue weighted by Crippen LogP contribution is -2.38. The summed E-state index contributed by atoms with van der Waals surface area (Å²) in [6.07, 6.45) is 2.15. The average molecular weight is 427 g/mol. The highest BCUT2D eigenvalue weighted by Gasteiger charge is 2.26. The van der Waals surface area contributed by atoms with E-state index in [-0.39, 0.29) is 12.0 Å². The fraction of sp³-hybridized carbons (Fsp3) is 0.391. The van der Waals surface area contributed by atoms with Gasteiger partial charge in [0.2, 0.25) is 5.91 Å². The van der Waals surface area contributed by atoms with Gasteiger partial charge in [-0.3, -0.25) is 9.69 Å². The van der Waals surface area contributed by atoms with Crippen LogP contribution in [0.5, 0.6) is 0 Å². The highest BCUT2D eigenvalue weighted by molar-refractivity contribution is 8.00. The molecular weight excluding hydrogens is 400 g/mol. The first-order valence-electron chi connectivity index (χ1n) is 9.99. The second-order valence-corrected chi connectivity index (χ2v) is 9.70. The molecule has 1 aliphatic rings. The Hall–Kier alpha value is -1.89. The minimum atomic E-state index is 0.0820. The molecule has 1 atom stereocenters. The number of thioether (sulfide) groups is 1. The third-order valence-corrected chi connectivity index (χ3v) is 7.36. The first-order valence-corrected chi connectivity index (χ1v) is 11.8. The Bertz CT molecular complexity index is 969. The van der Waals surface area contributed by atoms with E-state index in [1.807, 2.05) is 4.90 Å². The molecule has 0 aliphatic carbocycles. The molecule has 1 saturated heterocycles. The Morgan fingerprint density at radius 2 is 1.97 bits per heavy atom. The van der Waals surface area contributed by atoms with E-state index >= 15 is 0 Å². The van der Waals surface area contributed by atoms with Gasteiger partial charge in [-0.15, -0.1) is 11.8 Å². The lowest BCUT2D eigenvalue weighted by atomic mass is 10.1. The molecule has 2 heterocycles. The molecular formula is C23H26N2O2S2. The number of anilines is 1. The van der Waals surface area contributed by atoms with Gasteiger partial charge in [-0.05, 0) is 69.0 Å². The van der Waals surface area contributed by atoms with E-state index in [9.17, 15) is 4.79 Å². The molecule has 3 aromatic rings. The number of rotatable bonds is 6. The number of carbonyl (C=O) groups is 1. The molecule has 29 heavy (non-hydrogen) atoms. The van der Waals surface area contributed by atoms with Crippen LogP contribution in [-0.4, -0.2) is 35.9 Å². The van der Waals surface area contributed by atoms with E-state index in [0.717, 1.165) is 39.7 Å². The van der Waals surface area contributed by atoms with Crippen LogP contribution in [0.3, 0.4) is 0 Å². The fourth-order valence-electron chi connectivity index (χ4n) is 3.42. The molecule has 0 spiro atoms. The van der Waals surface area contributed by atoms with E-state index in [2.05, 4.69) is 57.2 Å². The molecule has 1 aliphatic heterocycles. The number of nitrogens with zero attached hydrogens (tertiary/aromatic N) is 2. The normalized spacial score (nSPS) is 16.4. The summed E-state index contributed by atoms with van der Waals surface area (Å²) in [4.78, 5) is 20.9. The van der Waals surface area contributed by atoms with Gasteiger partial charge in [0.15, 0.2) is 5.13 Å². The van der Waals surface area contributed by atoms with Crippen molar-refractivity contribution in [1.29, 1.82) is 0 Å². The zero-order valence-electron chi connectivity index (χ0n) is 17.1. The van der Waals surface area contributed by atoms with E-state index < -0.39 is 0 Å². The lowest BCUT2D eigenvalue weighted by Gasteiger charge is -2.23. The highest BCUT2D eigenvalue weighted by Crippen LogP contribution is 2.32. The van der Waals surface area contributed by atoms with Gasteiger partial charge in [0.25, 0.3) is 0 Å². The van der Waals surface area contributed by atoms with Gasteiger partial charge in [-0.1, -0.05) is 29.0 Å². The zero-order valence-corrected chi connectivity index (χ0v) is 18.7. The van der Waals surface area contributed by atoms with Crippen LogP contribution < -0.4 is 4.90 Å². The molecule has 4 nitrogen and oxygen atoms in total. The maximum atomic E-state index is 13.2. The van der Waals surface area contributed by atoms with Crippen molar-refractivity contribution in [3.63, 3.8) is 0 Å². The van der Waals surface area contributed by atoms with Crippen molar-refractivity contribution < 1.29 is 9.53 Å². The monoisotopic (exact) mass is 426 g/mol. The number of amides is 1. The second-order valence-electron chi connectivity index (χ2n) is 7.64. The van der Waals surface area contributed by atoms with Crippen LogP contribution >= 0.6 is 23.1 Å². The SMILES string of the molecule is Cc1ccc(SCC(=O)N(CC2CCCO2)c2nc3cc(C)c(C)cc3s2)cc1. The van der Waals surface area contributed by atoms with Crippen molar-refractivity contribution in [2.45, 2.75) is 44.6 Å². The summed E-state index contributed by atoms with van der Waals surface area (Å²) in [5.41, 5.74) is 4.66. The van der Waals surface area contributed by atoms with Crippen molar-refractivity contribution in [1.82, 2.24) is 4.98 Å². The van der Waals surface area contributed by atoms with E-state index in [1.165, 1.54) is 16.7 Å². The third-order valence-electron chi connectivity index (χ3n) is 5.32. The predicted octanol–water partition coefficient (Wildman–Crippen LogP) is 5.53. The summed E-state index contributed by atoms with van der Waals surface area (Å²) >= 11 is 3.17. The smallest absolute Gasteiger partial charge is 0.239 e. The minimum Gasteiger partial charge on any atom is -0.376 e. The van der Waals surface area contributed by atoms with Crippen LogP contribution in [0.2, 0.25) is 0 Å². The topological polar surface area (TPSA) is 42.4 Å². The molecule has 2 aromatic carbocycles. The molecule has 0 N–H and O–H groups in total. The van der Waals surface area contributed by atoms with Gasteiger partial charge in [0, 0.05) is 11.5 Å². The Morgan fingerprint density at radius 1 is 1.21 bits per heavy atom. The quantitative estimate of drug-likeness (QED) is 0.486. The van der Waals surface area contributed by atoms with Gasteiger partial charge < -0.3 is 4.74 Å². The third kappa shape index (κ3) is 4.82. The minimum absolute atomic E-state index is 0.0820. The van der Waals surface area contributed by atoms with Crippen molar-refractivity contribution in [3.8, 4) is 0 Å². The van der Waals surface area contributed by atoms with E-state index in [1.54, 1.807) is 23.1 Å². The molecule has 152 valence electrons. The van der Waals surface area contributed by atoms with Crippen LogP contribution in [0.15, 0.2) is 41.3 Å². The number of ether oxygens (including phenoxy) is 1. The maximum absolute atomic E-state index is 13.2. The lowest BCUT2D eigenvalue weighted by molar-refractivity contribution is -0.116. The summed E-state index contributed by atoms with van der Waals surface area (Å²) in [6.45, 7) is 7.64. The fourth-order valence-corrected chi connectivity index (χ4v) is 5.27. The first kappa shape index (κ1) is 20.4. The van der Waals surface area contributed by atoms with E-state index in [4.69, 9.17) is 9.72 Å². The first-order chi connectivity index (χ1) is 14.0. The van der Waals surface area contributed by atoms with Crippen LogP contribution in [-0.2, 0) is 9.53 Å². The van der Waals surface area contributed by atoms with Crippen molar-refractivity contribution in [3.05, 3.63) is 53.1 Å². The van der Waals surface area contributed by atoms with Crippen LogP contribution in [0.4, 0.5) is 5.13 Å². The van der Waals surface area contributed by atoms with Crippen molar-refractivity contribution >= 4 is 44.4 Å². The summed E-state index contributed by atoms with van der Waals surface area (Å²) in [5, 5.41) is 0.773. The Balaban J connectivity index is 1.56. The number of hydrogen-bond acceptors (Lipinski definition) is 5. The number of hydrogen-bond donors (Lipinski definition) is 0. The summed E-state index contributed by atoms with van der Waals surface area (Å²) in [5.74, 6) is 0.475. The second kappa shape index (κ2) is 8.86. The molecule has 0 saturated carbocycles. The molecule has 1 fully saturated rings. The number of benzene rings is 2. The largest absolute Gasteiger partial charge is 0.376 e. The number of aryl methyl sites for hydroxylation is 3. The van der Waals surface area contributed by atoms with Gasteiger partial charge in [-0.25, -0.2) is 4.98 Å². The number of thiazole rings is 1. The van der Waals surface area contributed by atoms with Crippen LogP contribution in [0, 0.1) is 20.8 Å². The standard InChI is InChI=1S/C23H26N2O2S2/c1-15-6-8-19(9-7-15)28-14-22(26)25(13-18-5-4-10-27-18)23-24-20-11-16(2)17(3)12-21(20)29-23/h6-9,11-12,18H,4-5,10,13-14H2,1-3H3. The Morgan fingerprint density at radius 3 is 2.69 bits per heavy atom. The Kier molecular flexibility index (Phi) is 6.23. The number of aromatic nitrogens is 1. The summed E-state index contributed by atoms with van der Waals surface area (Å²) in [7, 11) is 0. The molecule has 1 amide bonds. The molecule has 1 aromatic heterocycles. The van der Waals surface area contributed by atoms with E-state index in [0.29, 0.717) is 12.3 Å². The molecule has 6 heteroatoms. The van der Waals surface area contributed by atoms with Crippen LogP contribution in [0.1, 0.15) is 29.5 Å². The van der Waals surface area contributed by atoms with Gasteiger partial charge in [-0.2, -0.15) is 0 Å². The van der Waals surface area contributed by atoms with Gasteiger partial charge >= 0.3 is 0 Å². The average Bonchev–Trinajstić information content (AvgIpc) is 3.35. The van der Waals surface area contributed by atoms with Crippen molar-refractivity contribution in [2.75, 3.05) is 23.8 Å². The van der Waals surface area contributed by atoms with Gasteiger partial charge in [0.05, 0.1) is 28.6 Å². The van der Waals surface area contributed by atoms with Crippen molar-refractivity contribution in [2.24, 2.45) is 0 Å². The van der Waals surface area contributed by atoms with Gasteiger partial charge in [0.1, 0.15) is 0 Å². The van der Waals surface area contributed by atoms with Crippen LogP contribution in [0.25, 0.3) is 10.2 Å². The predicted molar refractivity (Wildman–Crippen MR) is 122 cm³/mol. The molecule has 0 bridgehead atoms. The summed E-state index contributed by atoms with van der Waals surface area (Å²) < 4.78 is 6.94.